The summed E-state index contributed by atoms with van der Waals surface area (Å²) in [5.74, 6) is -0.992. The number of alkyl halides is 4. The van der Waals surface area contributed by atoms with Crippen LogP contribution in [0.15, 0.2) is 29.3 Å². The van der Waals surface area contributed by atoms with Gasteiger partial charge in [0.2, 0.25) is 16.0 Å². The third-order valence-corrected chi connectivity index (χ3v) is 7.46. The molecule has 212 valence electrons. The van der Waals surface area contributed by atoms with E-state index in [-0.39, 0.29) is 35.0 Å². The van der Waals surface area contributed by atoms with E-state index in [0.717, 1.165) is 0 Å². The van der Waals surface area contributed by atoms with Gasteiger partial charge in [0.1, 0.15) is 17.6 Å². The minimum Gasteiger partial charge on any atom is -0.350 e. The molecule has 39 heavy (non-hydrogen) atoms. The number of aryl methyl sites for hydroxylation is 1. The molecule has 4 rings (SSSR count). The van der Waals surface area contributed by atoms with Gasteiger partial charge in [0.15, 0.2) is 0 Å². The summed E-state index contributed by atoms with van der Waals surface area (Å²) in [4.78, 5) is 26.5. The highest BCUT2D eigenvalue weighted by atomic mass is 32.2. The van der Waals surface area contributed by atoms with Crippen LogP contribution in [-0.2, 0) is 10.0 Å². The summed E-state index contributed by atoms with van der Waals surface area (Å²) in [5.41, 5.74) is 0.984. The molecule has 0 spiro atoms. The monoisotopic (exact) mass is 571 g/mol. The van der Waals surface area contributed by atoms with Gasteiger partial charge in [0, 0.05) is 60.5 Å². The van der Waals surface area contributed by atoms with Gasteiger partial charge in [-0.3, -0.25) is 14.1 Å². The van der Waals surface area contributed by atoms with Crippen molar-refractivity contribution < 1.29 is 26.0 Å². The highest BCUT2D eigenvalue weighted by Crippen LogP contribution is 2.26. The van der Waals surface area contributed by atoms with Crippen LogP contribution in [-0.4, -0.2) is 65.2 Å². The summed E-state index contributed by atoms with van der Waals surface area (Å²) in [7, 11) is -4.29. The number of fused-ring (bicyclic) bond motifs is 1. The maximum Gasteiger partial charge on any atom is 0.390 e. The maximum atomic E-state index is 13.8. The van der Waals surface area contributed by atoms with E-state index in [0.29, 0.717) is 41.7 Å². The molecule has 2 atom stereocenters. The molecule has 0 radical (unpaired) electrons. The number of pyridine rings is 2. The molecule has 1 aliphatic heterocycles. The van der Waals surface area contributed by atoms with E-state index >= 15 is 0 Å². The Labute approximate surface area is 222 Å². The van der Waals surface area contributed by atoms with E-state index in [9.17, 15) is 30.8 Å². The number of anilines is 2. The first-order valence-electron chi connectivity index (χ1n) is 12.3. The number of nitrogens with zero attached hydrogens (tertiary/aromatic N) is 4. The van der Waals surface area contributed by atoms with E-state index in [2.05, 4.69) is 30.3 Å². The molecule has 0 aliphatic carbocycles. The standard InChI is InChI=1S/C24H29F4N7O3S/c1-13(2)35-21-16(10-31-23(33-21)32-18-8-17(25)11-29-12-18)7-19(22(35)36)15-6-14(3)20(30-9-15)34-39(37,38)5-4-24(26,27)28/h6-7,9-10,13,17-18,29H,4-5,8,11-12H2,1-3H3,(H,30,34)(H,31,32,33)/t17-,18-/m0/s1. The van der Waals surface area contributed by atoms with E-state index in [1.807, 2.05) is 13.8 Å². The number of piperidine rings is 1. The lowest BCUT2D eigenvalue weighted by Gasteiger charge is -2.26. The number of hydrogen-bond donors (Lipinski definition) is 3. The molecule has 15 heteroatoms. The van der Waals surface area contributed by atoms with Crippen LogP contribution in [0.25, 0.3) is 22.2 Å². The Hall–Kier alpha value is -3.33. The van der Waals surface area contributed by atoms with Crippen molar-refractivity contribution in [3.8, 4) is 11.1 Å². The lowest BCUT2D eigenvalue weighted by Crippen LogP contribution is -2.44. The second-order valence-corrected chi connectivity index (χ2v) is 11.6. The number of hydrogen-bond acceptors (Lipinski definition) is 8. The fourth-order valence-electron chi connectivity index (χ4n) is 4.33. The summed E-state index contributed by atoms with van der Waals surface area (Å²) in [5, 5.41) is 6.68. The average molecular weight is 572 g/mol. The Balaban J connectivity index is 1.66. The van der Waals surface area contributed by atoms with Crippen LogP contribution in [0.3, 0.4) is 0 Å². The Morgan fingerprint density at radius 2 is 1.92 bits per heavy atom. The Morgan fingerprint density at radius 3 is 2.56 bits per heavy atom. The van der Waals surface area contributed by atoms with Crippen LogP contribution in [0.2, 0.25) is 0 Å². The maximum absolute atomic E-state index is 13.8. The number of sulfonamides is 1. The highest BCUT2D eigenvalue weighted by molar-refractivity contribution is 7.92. The number of aromatic nitrogens is 4. The Bertz CT molecular complexity index is 1530. The van der Waals surface area contributed by atoms with Crippen molar-refractivity contribution in [3.05, 3.63) is 40.4 Å². The second-order valence-electron chi connectivity index (χ2n) is 9.81. The van der Waals surface area contributed by atoms with Gasteiger partial charge in [-0.05, 0) is 38.5 Å². The molecule has 0 saturated carbocycles. The molecule has 1 aliphatic rings. The van der Waals surface area contributed by atoms with Gasteiger partial charge >= 0.3 is 6.18 Å². The van der Waals surface area contributed by atoms with Crippen molar-refractivity contribution in [1.29, 1.82) is 0 Å². The van der Waals surface area contributed by atoms with Crippen molar-refractivity contribution in [3.63, 3.8) is 0 Å². The second kappa shape index (κ2) is 11.0. The summed E-state index contributed by atoms with van der Waals surface area (Å²) in [6.07, 6.45) is -3.93. The summed E-state index contributed by atoms with van der Waals surface area (Å²) >= 11 is 0. The molecule has 0 aromatic carbocycles. The van der Waals surface area contributed by atoms with Crippen LogP contribution >= 0.6 is 0 Å². The predicted octanol–water partition coefficient (Wildman–Crippen LogP) is 3.55. The van der Waals surface area contributed by atoms with E-state index < -0.39 is 34.5 Å². The average Bonchev–Trinajstić information content (AvgIpc) is 2.83. The SMILES string of the molecule is Cc1cc(-c2cc3cnc(N[C@@H]4CNC[C@@H](F)C4)nc3n(C(C)C)c2=O)cnc1NS(=O)(=O)CCC(F)(F)F. The van der Waals surface area contributed by atoms with Gasteiger partial charge in [0.25, 0.3) is 5.56 Å². The molecule has 10 nitrogen and oxygen atoms in total. The van der Waals surface area contributed by atoms with Gasteiger partial charge < -0.3 is 10.6 Å². The highest BCUT2D eigenvalue weighted by Gasteiger charge is 2.30. The van der Waals surface area contributed by atoms with Crippen molar-refractivity contribution in [2.45, 2.75) is 58.0 Å². The minimum absolute atomic E-state index is 0.127. The van der Waals surface area contributed by atoms with Crippen molar-refractivity contribution in [1.82, 2.24) is 24.8 Å². The van der Waals surface area contributed by atoms with Gasteiger partial charge in [-0.25, -0.2) is 22.8 Å². The largest absolute Gasteiger partial charge is 0.390 e. The zero-order chi connectivity index (χ0) is 28.5. The molecule has 0 bridgehead atoms. The molecule has 1 saturated heterocycles. The number of nitrogens with one attached hydrogen (secondary N) is 3. The zero-order valence-corrected chi connectivity index (χ0v) is 22.3. The fraction of sp³-hybridized carbons (Fsp3) is 0.500. The topological polar surface area (TPSA) is 131 Å². The molecule has 3 aromatic heterocycles. The molecule has 4 heterocycles. The van der Waals surface area contributed by atoms with Gasteiger partial charge in [-0.15, -0.1) is 0 Å². The number of halogens is 4. The molecule has 3 aromatic rings. The molecule has 3 N–H and O–H groups in total. The van der Waals surface area contributed by atoms with Crippen LogP contribution in [0.1, 0.15) is 38.3 Å². The van der Waals surface area contributed by atoms with Crippen molar-refractivity contribution in [2.24, 2.45) is 0 Å². The van der Waals surface area contributed by atoms with Crippen molar-refractivity contribution in [2.75, 3.05) is 28.9 Å². The smallest absolute Gasteiger partial charge is 0.350 e. The zero-order valence-electron chi connectivity index (χ0n) is 21.5. The van der Waals surface area contributed by atoms with Gasteiger partial charge in [-0.2, -0.15) is 18.2 Å². The first-order valence-corrected chi connectivity index (χ1v) is 14.0. The van der Waals surface area contributed by atoms with E-state index in [1.54, 1.807) is 12.3 Å². The third kappa shape index (κ3) is 7.01. The fourth-order valence-corrected chi connectivity index (χ4v) is 5.45. The first kappa shape index (κ1) is 28.7. The minimum atomic E-state index is -4.61. The van der Waals surface area contributed by atoms with Crippen LogP contribution < -0.4 is 20.9 Å². The lowest BCUT2D eigenvalue weighted by atomic mass is 10.1. The normalized spacial score (nSPS) is 18.5. The van der Waals surface area contributed by atoms with Gasteiger partial charge in [-0.1, -0.05) is 0 Å². The Morgan fingerprint density at radius 1 is 1.18 bits per heavy atom. The van der Waals surface area contributed by atoms with Crippen LogP contribution in [0.4, 0.5) is 29.3 Å². The quantitative estimate of drug-likeness (QED) is 0.350. The summed E-state index contributed by atoms with van der Waals surface area (Å²) in [6.45, 7) is 6.02. The molecular formula is C24H29F4N7O3S. The number of rotatable bonds is 8. The molecule has 0 unspecified atom stereocenters. The van der Waals surface area contributed by atoms with E-state index in [4.69, 9.17) is 0 Å². The van der Waals surface area contributed by atoms with E-state index in [1.165, 1.54) is 23.8 Å². The third-order valence-electron chi connectivity index (χ3n) is 6.22. The van der Waals surface area contributed by atoms with Gasteiger partial charge in [0.05, 0.1) is 12.2 Å². The molecular weight excluding hydrogens is 542 g/mol. The lowest BCUT2D eigenvalue weighted by molar-refractivity contribution is -0.129. The van der Waals surface area contributed by atoms with Crippen LogP contribution in [0, 0.1) is 6.92 Å². The predicted molar refractivity (Wildman–Crippen MR) is 140 cm³/mol. The Kier molecular flexibility index (Phi) is 8.12. The molecule has 1 fully saturated rings. The molecule has 0 amide bonds. The van der Waals surface area contributed by atoms with Crippen LogP contribution in [0.5, 0.6) is 0 Å². The first-order chi connectivity index (χ1) is 18.2. The van der Waals surface area contributed by atoms with Crippen molar-refractivity contribution >= 4 is 32.8 Å². The summed E-state index contributed by atoms with van der Waals surface area (Å²) < 4.78 is 78.9. The summed E-state index contributed by atoms with van der Waals surface area (Å²) in [6, 6.07) is 2.64.